The lowest BCUT2D eigenvalue weighted by atomic mass is 9.67. The first-order chi connectivity index (χ1) is 14.7. The summed E-state index contributed by atoms with van der Waals surface area (Å²) in [5.74, 6) is -0.616. The molecule has 3 nitrogen and oxygen atoms in total. The van der Waals surface area contributed by atoms with E-state index in [0.29, 0.717) is 6.42 Å². The summed E-state index contributed by atoms with van der Waals surface area (Å²) in [7, 11) is 0. The van der Waals surface area contributed by atoms with Crippen molar-refractivity contribution < 1.29 is 5.11 Å². The van der Waals surface area contributed by atoms with Crippen molar-refractivity contribution in [3.05, 3.63) is 132 Å². The number of hydrogen-bond acceptors (Lipinski definition) is 3. The van der Waals surface area contributed by atoms with Crippen molar-refractivity contribution in [1.29, 1.82) is 0 Å². The highest BCUT2D eigenvalue weighted by atomic mass is 16.3. The van der Waals surface area contributed by atoms with Crippen molar-refractivity contribution in [3.63, 3.8) is 0 Å². The van der Waals surface area contributed by atoms with Crippen molar-refractivity contribution in [2.45, 2.75) is 30.8 Å². The zero-order valence-electron chi connectivity index (χ0n) is 17.1. The molecule has 0 saturated heterocycles. The minimum Gasteiger partial charge on any atom is -0.388 e. The summed E-state index contributed by atoms with van der Waals surface area (Å²) >= 11 is 0. The predicted octanol–water partition coefficient (Wildman–Crippen LogP) is 5.58. The molecule has 0 radical (unpaired) electrons. The molecule has 1 N–H and O–H groups in total. The maximum Gasteiger partial charge on any atom is 0.0892 e. The summed E-state index contributed by atoms with van der Waals surface area (Å²) in [6.07, 6.45) is 4.12. The van der Waals surface area contributed by atoms with E-state index in [1.54, 1.807) is 12.4 Å². The molecule has 0 amide bonds. The molecule has 2 heterocycles. The third kappa shape index (κ3) is 3.89. The largest absolute Gasteiger partial charge is 0.388 e. The Labute approximate surface area is 178 Å². The van der Waals surface area contributed by atoms with Gasteiger partial charge in [-0.3, -0.25) is 9.97 Å². The van der Waals surface area contributed by atoms with Crippen molar-refractivity contribution in [3.8, 4) is 0 Å². The summed E-state index contributed by atoms with van der Waals surface area (Å²) in [5.41, 5.74) is 2.65. The van der Waals surface area contributed by atoms with Gasteiger partial charge in [-0.2, -0.15) is 0 Å². The summed E-state index contributed by atoms with van der Waals surface area (Å²) in [6.45, 7) is 2.04. The Kier molecular flexibility index (Phi) is 6.01. The fourth-order valence-corrected chi connectivity index (χ4v) is 4.39. The van der Waals surface area contributed by atoms with E-state index in [1.807, 2.05) is 79.7 Å². The van der Waals surface area contributed by atoms with Gasteiger partial charge in [-0.05, 0) is 41.8 Å². The zero-order valence-corrected chi connectivity index (χ0v) is 17.1. The van der Waals surface area contributed by atoms with Gasteiger partial charge in [0.05, 0.1) is 28.8 Å². The molecule has 0 aliphatic rings. The molecule has 4 aromatic rings. The summed E-state index contributed by atoms with van der Waals surface area (Å²) in [4.78, 5) is 9.32. The fourth-order valence-electron chi connectivity index (χ4n) is 4.39. The normalized spacial score (nSPS) is 13.5. The van der Waals surface area contributed by atoms with Crippen LogP contribution < -0.4 is 0 Å². The number of benzene rings is 2. The van der Waals surface area contributed by atoms with E-state index in [1.165, 1.54) is 0 Å². The Morgan fingerprint density at radius 2 is 1.03 bits per heavy atom. The van der Waals surface area contributed by atoms with Crippen molar-refractivity contribution in [2.24, 2.45) is 0 Å². The van der Waals surface area contributed by atoms with E-state index in [4.69, 9.17) is 0 Å². The maximum atomic E-state index is 12.5. The molecule has 4 rings (SSSR count). The van der Waals surface area contributed by atoms with Gasteiger partial charge in [-0.15, -0.1) is 0 Å². The molecule has 150 valence electrons. The molecule has 2 atom stereocenters. The van der Waals surface area contributed by atoms with Crippen LogP contribution in [0.4, 0.5) is 0 Å². The highest BCUT2D eigenvalue weighted by molar-refractivity contribution is 5.40. The first kappa shape index (κ1) is 20.0. The van der Waals surface area contributed by atoms with Crippen LogP contribution in [0.2, 0.25) is 0 Å². The number of rotatable bonds is 7. The van der Waals surface area contributed by atoms with E-state index in [2.05, 4.69) is 34.2 Å². The lowest BCUT2D eigenvalue weighted by Gasteiger charge is -2.42. The lowest BCUT2D eigenvalue weighted by molar-refractivity contribution is 0.00125. The first-order valence-electron chi connectivity index (χ1n) is 10.4. The van der Waals surface area contributed by atoms with Crippen LogP contribution in [0, 0.1) is 0 Å². The predicted molar refractivity (Wildman–Crippen MR) is 120 cm³/mol. The van der Waals surface area contributed by atoms with Crippen LogP contribution in [0.3, 0.4) is 0 Å². The Bertz CT molecular complexity index is 875. The lowest BCUT2D eigenvalue weighted by Crippen LogP contribution is -2.43. The minimum atomic E-state index is -1.13. The highest BCUT2D eigenvalue weighted by Gasteiger charge is 2.46. The molecule has 0 spiro atoms. The number of pyridine rings is 2. The third-order valence-corrected chi connectivity index (χ3v) is 5.80. The Hall–Kier alpha value is -3.30. The van der Waals surface area contributed by atoms with Crippen LogP contribution in [0.5, 0.6) is 0 Å². The second-order valence-corrected chi connectivity index (χ2v) is 7.54. The second-order valence-electron chi connectivity index (χ2n) is 7.54. The number of aromatic nitrogens is 2. The van der Waals surface area contributed by atoms with Gasteiger partial charge in [-0.25, -0.2) is 0 Å². The van der Waals surface area contributed by atoms with Crippen LogP contribution in [0.25, 0.3) is 0 Å². The van der Waals surface area contributed by atoms with E-state index in [0.717, 1.165) is 22.5 Å². The Morgan fingerprint density at radius 1 is 0.633 bits per heavy atom. The molecular weight excluding hydrogens is 368 g/mol. The van der Waals surface area contributed by atoms with Gasteiger partial charge in [-0.1, -0.05) is 79.7 Å². The van der Waals surface area contributed by atoms with Crippen molar-refractivity contribution >= 4 is 0 Å². The SMILES string of the molecule is CCC(O)([C@H](c1ccccc1)c1ccccn1)[C@H](c1ccccc1)c1ccccn1. The van der Waals surface area contributed by atoms with Crippen LogP contribution >= 0.6 is 0 Å². The fraction of sp³-hybridized carbons (Fsp3) is 0.185. The van der Waals surface area contributed by atoms with E-state index < -0.39 is 5.60 Å². The topological polar surface area (TPSA) is 46.0 Å². The highest BCUT2D eigenvalue weighted by Crippen LogP contribution is 2.47. The maximum absolute atomic E-state index is 12.5. The van der Waals surface area contributed by atoms with Gasteiger partial charge in [0.25, 0.3) is 0 Å². The van der Waals surface area contributed by atoms with Crippen LogP contribution in [-0.2, 0) is 0 Å². The smallest absolute Gasteiger partial charge is 0.0892 e. The molecule has 0 bridgehead atoms. The van der Waals surface area contributed by atoms with Gasteiger partial charge in [0.1, 0.15) is 0 Å². The molecule has 0 fully saturated rings. The second kappa shape index (κ2) is 9.02. The number of nitrogens with zero attached hydrogens (tertiary/aromatic N) is 2. The van der Waals surface area contributed by atoms with Crippen LogP contribution in [0.1, 0.15) is 47.7 Å². The molecule has 30 heavy (non-hydrogen) atoms. The quantitative estimate of drug-likeness (QED) is 0.445. The molecular formula is C27H26N2O. The van der Waals surface area contributed by atoms with Crippen LogP contribution in [-0.4, -0.2) is 20.7 Å². The van der Waals surface area contributed by atoms with E-state index in [9.17, 15) is 5.11 Å². The van der Waals surface area contributed by atoms with Gasteiger partial charge in [0.15, 0.2) is 0 Å². The van der Waals surface area contributed by atoms with Gasteiger partial charge >= 0.3 is 0 Å². The summed E-state index contributed by atoms with van der Waals surface area (Å²) in [6, 6.07) is 32.1. The molecule has 2 aromatic carbocycles. The average molecular weight is 395 g/mol. The van der Waals surface area contributed by atoms with Gasteiger partial charge in [0.2, 0.25) is 0 Å². The summed E-state index contributed by atoms with van der Waals surface area (Å²) in [5, 5.41) is 12.5. The third-order valence-electron chi connectivity index (χ3n) is 5.80. The molecule has 0 saturated carbocycles. The van der Waals surface area contributed by atoms with E-state index in [-0.39, 0.29) is 11.8 Å². The van der Waals surface area contributed by atoms with Crippen molar-refractivity contribution in [2.75, 3.05) is 0 Å². The van der Waals surface area contributed by atoms with Crippen molar-refractivity contribution in [1.82, 2.24) is 9.97 Å². The minimum absolute atomic E-state index is 0.308. The molecule has 0 unspecified atom stereocenters. The summed E-state index contributed by atoms with van der Waals surface area (Å²) < 4.78 is 0. The molecule has 0 aliphatic heterocycles. The molecule has 3 heteroatoms. The molecule has 2 aromatic heterocycles. The molecule has 0 aliphatic carbocycles. The van der Waals surface area contributed by atoms with Crippen LogP contribution in [0.15, 0.2) is 109 Å². The monoisotopic (exact) mass is 394 g/mol. The number of hydrogen-bond donors (Lipinski definition) is 1. The number of aliphatic hydroxyl groups is 1. The Balaban J connectivity index is 1.95. The standard InChI is InChI=1S/C27H26N2O/c1-2-27(30,25(21-13-5-3-6-14-21)23-17-9-11-19-28-23)26(22-15-7-4-8-16-22)24-18-10-12-20-29-24/h3-20,25-26,30H,2H2,1H3/t25-,26-/m1/s1. The average Bonchev–Trinajstić information content (AvgIpc) is 2.82. The van der Waals surface area contributed by atoms with Gasteiger partial charge in [0, 0.05) is 12.4 Å². The first-order valence-corrected chi connectivity index (χ1v) is 10.4. The van der Waals surface area contributed by atoms with E-state index >= 15 is 0 Å². The zero-order chi connectivity index (χ0) is 20.8. The Morgan fingerprint density at radius 3 is 1.37 bits per heavy atom. The van der Waals surface area contributed by atoms with Gasteiger partial charge < -0.3 is 5.11 Å².